The number of nitrogens with zero attached hydrogens (tertiary/aromatic N) is 1. The first-order valence-electron chi connectivity index (χ1n) is 9.05. The van der Waals surface area contributed by atoms with Crippen molar-refractivity contribution in [2.45, 2.75) is 58.0 Å². The predicted octanol–water partition coefficient (Wildman–Crippen LogP) is 4.01. The SMILES string of the molecule is CN=C(NCc1cccc(COCC(F)(F)F)c1)NC1CCCC(C)C1. The highest BCUT2D eigenvalue weighted by Crippen LogP contribution is 2.23. The molecule has 2 N–H and O–H groups in total. The molecule has 0 aromatic heterocycles. The summed E-state index contributed by atoms with van der Waals surface area (Å²) in [5.41, 5.74) is 1.69. The van der Waals surface area contributed by atoms with Gasteiger partial charge in [0.15, 0.2) is 5.96 Å². The van der Waals surface area contributed by atoms with E-state index in [1.165, 1.54) is 12.8 Å². The van der Waals surface area contributed by atoms with Crippen LogP contribution >= 0.6 is 0 Å². The van der Waals surface area contributed by atoms with Gasteiger partial charge in [-0.3, -0.25) is 4.99 Å². The van der Waals surface area contributed by atoms with Gasteiger partial charge in [-0.25, -0.2) is 0 Å². The van der Waals surface area contributed by atoms with Crippen LogP contribution in [0.25, 0.3) is 0 Å². The summed E-state index contributed by atoms with van der Waals surface area (Å²) in [6, 6.07) is 7.79. The first-order chi connectivity index (χ1) is 12.4. The molecule has 0 heterocycles. The van der Waals surface area contributed by atoms with Gasteiger partial charge in [0, 0.05) is 19.6 Å². The van der Waals surface area contributed by atoms with Gasteiger partial charge in [0.05, 0.1) is 6.61 Å². The molecule has 0 aliphatic heterocycles. The van der Waals surface area contributed by atoms with E-state index in [-0.39, 0.29) is 6.61 Å². The van der Waals surface area contributed by atoms with E-state index in [1.54, 1.807) is 13.1 Å². The molecule has 0 radical (unpaired) electrons. The third-order valence-electron chi connectivity index (χ3n) is 4.49. The first-order valence-corrected chi connectivity index (χ1v) is 9.05. The summed E-state index contributed by atoms with van der Waals surface area (Å²) in [5, 5.41) is 6.73. The Labute approximate surface area is 153 Å². The molecule has 2 unspecified atom stereocenters. The molecule has 0 bridgehead atoms. The van der Waals surface area contributed by atoms with Gasteiger partial charge in [-0.05, 0) is 29.9 Å². The summed E-state index contributed by atoms with van der Waals surface area (Å²) in [7, 11) is 1.74. The molecule has 1 fully saturated rings. The van der Waals surface area contributed by atoms with Crippen LogP contribution in [0.5, 0.6) is 0 Å². The molecule has 2 atom stereocenters. The summed E-state index contributed by atoms with van der Waals surface area (Å²) in [6.07, 6.45) is 0.515. The maximum Gasteiger partial charge on any atom is 0.411 e. The normalized spacial score (nSPS) is 21.5. The topological polar surface area (TPSA) is 45.7 Å². The van der Waals surface area contributed by atoms with E-state index < -0.39 is 12.8 Å². The average Bonchev–Trinajstić information content (AvgIpc) is 2.58. The Balaban J connectivity index is 1.81. The number of rotatable bonds is 6. The third kappa shape index (κ3) is 7.64. The van der Waals surface area contributed by atoms with E-state index in [2.05, 4.69) is 22.5 Å². The number of halogens is 3. The van der Waals surface area contributed by atoms with E-state index in [0.29, 0.717) is 12.6 Å². The van der Waals surface area contributed by atoms with Gasteiger partial charge in [0.1, 0.15) is 6.61 Å². The summed E-state index contributed by atoms with van der Waals surface area (Å²) in [6.45, 7) is 1.54. The van der Waals surface area contributed by atoms with Crippen LogP contribution in [0, 0.1) is 5.92 Å². The van der Waals surface area contributed by atoms with Gasteiger partial charge in [-0.2, -0.15) is 13.2 Å². The average molecular weight is 371 g/mol. The highest BCUT2D eigenvalue weighted by atomic mass is 19.4. The standard InChI is InChI=1S/C19H28F3N3O/c1-14-5-3-8-17(9-14)25-18(23-2)24-11-15-6-4-7-16(10-15)12-26-13-19(20,21)22/h4,6-7,10,14,17H,3,5,8-9,11-13H2,1-2H3,(H2,23,24,25). The largest absolute Gasteiger partial charge is 0.411 e. The second kappa shape index (κ2) is 9.80. The smallest absolute Gasteiger partial charge is 0.367 e. The Morgan fingerprint density at radius 3 is 2.73 bits per heavy atom. The van der Waals surface area contributed by atoms with Crippen molar-refractivity contribution in [3.8, 4) is 0 Å². The molecule has 1 aliphatic rings. The fraction of sp³-hybridized carbons (Fsp3) is 0.632. The van der Waals surface area contributed by atoms with E-state index >= 15 is 0 Å². The number of guanidine groups is 1. The van der Waals surface area contributed by atoms with Crippen LogP contribution in [-0.2, 0) is 17.9 Å². The molecule has 1 aliphatic carbocycles. The number of alkyl halides is 3. The Morgan fingerprint density at radius 2 is 2.04 bits per heavy atom. The second-order valence-electron chi connectivity index (χ2n) is 6.97. The van der Waals surface area contributed by atoms with Crippen molar-refractivity contribution in [3.63, 3.8) is 0 Å². The molecule has 1 aromatic rings. The highest BCUT2D eigenvalue weighted by Gasteiger charge is 2.27. The van der Waals surface area contributed by atoms with Crippen molar-refractivity contribution in [1.82, 2.24) is 10.6 Å². The minimum atomic E-state index is -4.30. The van der Waals surface area contributed by atoms with Crippen LogP contribution in [-0.4, -0.2) is 31.8 Å². The lowest BCUT2D eigenvalue weighted by Gasteiger charge is -2.28. The Hall–Kier alpha value is -1.76. The van der Waals surface area contributed by atoms with Crippen LogP contribution in [0.4, 0.5) is 13.2 Å². The molecule has 146 valence electrons. The van der Waals surface area contributed by atoms with Crippen LogP contribution in [0.1, 0.15) is 43.7 Å². The van der Waals surface area contributed by atoms with Gasteiger partial charge in [-0.1, -0.05) is 44.0 Å². The van der Waals surface area contributed by atoms with Crippen molar-refractivity contribution in [2.24, 2.45) is 10.9 Å². The van der Waals surface area contributed by atoms with E-state index in [4.69, 9.17) is 4.74 Å². The molecule has 0 spiro atoms. The molecule has 26 heavy (non-hydrogen) atoms. The minimum absolute atomic E-state index is 0.0553. The van der Waals surface area contributed by atoms with Crippen LogP contribution in [0.15, 0.2) is 29.3 Å². The highest BCUT2D eigenvalue weighted by molar-refractivity contribution is 5.79. The Bertz CT molecular complexity index is 590. The van der Waals surface area contributed by atoms with Crippen molar-refractivity contribution in [2.75, 3.05) is 13.7 Å². The third-order valence-corrected chi connectivity index (χ3v) is 4.49. The molecule has 1 saturated carbocycles. The van der Waals surface area contributed by atoms with Crippen molar-refractivity contribution in [1.29, 1.82) is 0 Å². The maximum absolute atomic E-state index is 12.1. The summed E-state index contributed by atoms with van der Waals surface area (Å²) in [5.74, 6) is 1.48. The Morgan fingerprint density at radius 1 is 1.27 bits per heavy atom. The molecule has 7 heteroatoms. The minimum Gasteiger partial charge on any atom is -0.367 e. The zero-order valence-corrected chi connectivity index (χ0v) is 15.4. The zero-order valence-electron chi connectivity index (χ0n) is 15.4. The lowest BCUT2D eigenvalue weighted by atomic mass is 9.87. The fourth-order valence-electron chi connectivity index (χ4n) is 3.25. The molecular weight excluding hydrogens is 343 g/mol. The molecule has 0 amide bonds. The maximum atomic E-state index is 12.1. The Kier molecular flexibility index (Phi) is 7.75. The zero-order chi connectivity index (χ0) is 19.0. The number of ether oxygens (including phenoxy) is 1. The quantitative estimate of drug-likeness (QED) is 0.587. The van der Waals surface area contributed by atoms with Crippen molar-refractivity contribution >= 4 is 5.96 Å². The fourth-order valence-corrected chi connectivity index (χ4v) is 3.25. The van der Waals surface area contributed by atoms with Crippen molar-refractivity contribution < 1.29 is 17.9 Å². The summed E-state index contributed by atoms with van der Waals surface area (Å²) in [4.78, 5) is 4.27. The van der Waals surface area contributed by atoms with Gasteiger partial charge in [0.25, 0.3) is 0 Å². The summed E-state index contributed by atoms with van der Waals surface area (Å²) >= 11 is 0. The molecule has 0 saturated heterocycles. The summed E-state index contributed by atoms with van der Waals surface area (Å²) < 4.78 is 41.2. The van der Waals surface area contributed by atoms with Crippen LogP contribution in [0.2, 0.25) is 0 Å². The number of benzene rings is 1. The first kappa shape index (κ1) is 20.6. The second-order valence-corrected chi connectivity index (χ2v) is 6.97. The molecule has 2 rings (SSSR count). The molecular formula is C19H28F3N3O. The van der Waals surface area contributed by atoms with E-state index in [0.717, 1.165) is 35.8 Å². The number of nitrogens with one attached hydrogen (secondary N) is 2. The number of aliphatic imine (C=N–C) groups is 1. The number of hydrogen-bond donors (Lipinski definition) is 2. The predicted molar refractivity (Wildman–Crippen MR) is 96.9 cm³/mol. The van der Waals surface area contributed by atoms with Crippen LogP contribution in [0.3, 0.4) is 0 Å². The van der Waals surface area contributed by atoms with E-state index in [9.17, 15) is 13.2 Å². The van der Waals surface area contributed by atoms with E-state index in [1.807, 2.05) is 18.2 Å². The monoisotopic (exact) mass is 371 g/mol. The van der Waals surface area contributed by atoms with Crippen molar-refractivity contribution in [3.05, 3.63) is 35.4 Å². The molecule has 4 nitrogen and oxygen atoms in total. The lowest BCUT2D eigenvalue weighted by molar-refractivity contribution is -0.176. The number of hydrogen-bond acceptors (Lipinski definition) is 2. The van der Waals surface area contributed by atoms with Gasteiger partial charge >= 0.3 is 6.18 Å². The van der Waals surface area contributed by atoms with Gasteiger partial charge < -0.3 is 15.4 Å². The molecule has 1 aromatic carbocycles. The van der Waals surface area contributed by atoms with Crippen LogP contribution < -0.4 is 10.6 Å². The lowest BCUT2D eigenvalue weighted by Crippen LogP contribution is -2.44. The van der Waals surface area contributed by atoms with Gasteiger partial charge in [-0.15, -0.1) is 0 Å². The van der Waals surface area contributed by atoms with Gasteiger partial charge in [0.2, 0.25) is 0 Å².